The van der Waals surface area contributed by atoms with Crippen LogP contribution < -0.4 is 0 Å². The molecule has 0 saturated carbocycles. The van der Waals surface area contributed by atoms with Gasteiger partial charge in [-0.25, -0.2) is 0 Å². The SMILES string of the molecule is CCN1CCC[C@@H](OC)CC1. The first-order valence-corrected chi connectivity index (χ1v) is 4.62. The van der Waals surface area contributed by atoms with Crippen molar-refractivity contribution in [3.8, 4) is 0 Å². The smallest absolute Gasteiger partial charge is 0.0584 e. The van der Waals surface area contributed by atoms with Crippen molar-refractivity contribution in [3.05, 3.63) is 0 Å². The quantitative estimate of drug-likeness (QED) is 0.602. The average Bonchev–Trinajstić information content (AvgIpc) is 2.28. The number of hydrogen-bond donors (Lipinski definition) is 0. The molecule has 0 aromatic carbocycles. The van der Waals surface area contributed by atoms with Crippen LogP contribution in [0, 0.1) is 0 Å². The summed E-state index contributed by atoms with van der Waals surface area (Å²) in [5.74, 6) is 0. The Labute approximate surface area is 69.5 Å². The molecule has 0 spiro atoms. The topological polar surface area (TPSA) is 12.5 Å². The lowest BCUT2D eigenvalue weighted by molar-refractivity contribution is 0.0900. The second-order valence-corrected chi connectivity index (χ2v) is 3.22. The Bertz CT molecular complexity index is 93.7. The van der Waals surface area contributed by atoms with E-state index in [1.54, 1.807) is 0 Å². The number of rotatable bonds is 2. The molecule has 0 radical (unpaired) electrons. The van der Waals surface area contributed by atoms with E-state index < -0.39 is 0 Å². The molecule has 0 aromatic rings. The van der Waals surface area contributed by atoms with Gasteiger partial charge in [0.1, 0.15) is 0 Å². The largest absolute Gasteiger partial charge is 0.381 e. The highest BCUT2D eigenvalue weighted by Crippen LogP contribution is 2.12. The van der Waals surface area contributed by atoms with Gasteiger partial charge in [-0.15, -0.1) is 0 Å². The van der Waals surface area contributed by atoms with Crippen LogP contribution in [0.4, 0.5) is 0 Å². The number of methoxy groups -OCH3 is 1. The van der Waals surface area contributed by atoms with E-state index in [0.717, 1.165) is 0 Å². The maximum atomic E-state index is 5.34. The Morgan fingerprint density at radius 2 is 2.18 bits per heavy atom. The van der Waals surface area contributed by atoms with Crippen molar-refractivity contribution in [2.24, 2.45) is 0 Å². The summed E-state index contributed by atoms with van der Waals surface area (Å²) < 4.78 is 5.34. The van der Waals surface area contributed by atoms with Crippen molar-refractivity contribution >= 4 is 0 Å². The first-order valence-electron chi connectivity index (χ1n) is 4.62. The predicted molar refractivity (Wildman–Crippen MR) is 46.8 cm³/mol. The fourth-order valence-corrected chi connectivity index (χ4v) is 1.68. The average molecular weight is 157 g/mol. The van der Waals surface area contributed by atoms with Gasteiger partial charge in [-0.2, -0.15) is 0 Å². The molecular formula is C9H19NO. The Morgan fingerprint density at radius 1 is 1.36 bits per heavy atom. The molecule has 66 valence electrons. The molecule has 0 aliphatic carbocycles. The van der Waals surface area contributed by atoms with E-state index in [-0.39, 0.29) is 0 Å². The van der Waals surface area contributed by atoms with Crippen LogP contribution in [-0.2, 0) is 4.74 Å². The number of likely N-dealkylation sites (tertiary alicyclic amines) is 1. The second kappa shape index (κ2) is 4.73. The summed E-state index contributed by atoms with van der Waals surface area (Å²) >= 11 is 0. The highest BCUT2D eigenvalue weighted by Gasteiger charge is 2.14. The fourth-order valence-electron chi connectivity index (χ4n) is 1.68. The van der Waals surface area contributed by atoms with E-state index in [2.05, 4.69) is 11.8 Å². The molecule has 1 aliphatic rings. The van der Waals surface area contributed by atoms with Gasteiger partial charge in [0.2, 0.25) is 0 Å². The van der Waals surface area contributed by atoms with Crippen molar-refractivity contribution in [1.82, 2.24) is 4.90 Å². The standard InChI is InChI=1S/C9H19NO/c1-3-10-7-4-5-9(11-2)6-8-10/h9H,3-8H2,1-2H3/t9-/m1/s1. The van der Waals surface area contributed by atoms with E-state index in [0.29, 0.717) is 6.10 Å². The number of hydrogen-bond acceptors (Lipinski definition) is 2. The van der Waals surface area contributed by atoms with Crippen molar-refractivity contribution in [3.63, 3.8) is 0 Å². The lowest BCUT2D eigenvalue weighted by Crippen LogP contribution is -2.24. The Kier molecular flexibility index (Phi) is 3.87. The molecule has 1 fully saturated rings. The normalized spacial score (nSPS) is 28.4. The van der Waals surface area contributed by atoms with Gasteiger partial charge in [-0.1, -0.05) is 6.92 Å². The van der Waals surface area contributed by atoms with Crippen LogP contribution in [-0.4, -0.2) is 37.7 Å². The number of nitrogens with zero attached hydrogens (tertiary/aromatic N) is 1. The van der Waals surface area contributed by atoms with Crippen molar-refractivity contribution < 1.29 is 4.74 Å². The Morgan fingerprint density at radius 3 is 2.82 bits per heavy atom. The summed E-state index contributed by atoms with van der Waals surface area (Å²) in [7, 11) is 1.83. The molecule has 1 heterocycles. The molecule has 1 saturated heterocycles. The van der Waals surface area contributed by atoms with Crippen LogP contribution in [0.2, 0.25) is 0 Å². The molecule has 11 heavy (non-hydrogen) atoms. The Balaban J connectivity index is 2.27. The molecule has 2 heteroatoms. The summed E-state index contributed by atoms with van der Waals surface area (Å²) in [5.41, 5.74) is 0. The van der Waals surface area contributed by atoms with Crippen LogP contribution in [0.3, 0.4) is 0 Å². The molecule has 1 atom stereocenters. The Hall–Kier alpha value is -0.0800. The minimum absolute atomic E-state index is 0.520. The summed E-state index contributed by atoms with van der Waals surface area (Å²) in [6, 6.07) is 0. The van der Waals surface area contributed by atoms with Gasteiger partial charge in [-0.3, -0.25) is 0 Å². The van der Waals surface area contributed by atoms with Crippen molar-refractivity contribution in [1.29, 1.82) is 0 Å². The molecule has 0 bridgehead atoms. The van der Waals surface area contributed by atoms with Gasteiger partial charge >= 0.3 is 0 Å². The van der Waals surface area contributed by atoms with Gasteiger partial charge in [0.05, 0.1) is 6.10 Å². The zero-order valence-electron chi connectivity index (χ0n) is 7.68. The summed E-state index contributed by atoms with van der Waals surface area (Å²) in [6.07, 6.45) is 4.27. The minimum Gasteiger partial charge on any atom is -0.381 e. The van der Waals surface area contributed by atoms with Crippen LogP contribution in [0.25, 0.3) is 0 Å². The maximum Gasteiger partial charge on any atom is 0.0584 e. The van der Waals surface area contributed by atoms with E-state index in [4.69, 9.17) is 4.74 Å². The zero-order valence-corrected chi connectivity index (χ0v) is 7.68. The van der Waals surface area contributed by atoms with E-state index in [1.165, 1.54) is 38.9 Å². The third-order valence-electron chi connectivity index (χ3n) is 2.55. The van der Waals surface area contributed by atoms with E-state index in [1.807, 2.05) is 7.11 Å². The highest BCUT2D eigenvalue weighted by atomic mass is 16.5. The minimum atomic E-state index is 0.520. The van der Waals surface area contributed by atoms with Gasteiger partial charge < -0.3 is 9.64 Å². The van der Waals surface area contributed by atoms with E-state index >= 15 is 0 Å². The summed E-state index contributed by atoms with van der Waals surface area (Å²) in [6.45, 7) is 5.90. The van der Waals surface area contributed by atoms with Crippen LogP contribution in [0.5, 0.6) is 0 Å². The van der Waals surface area contributed by atoms with Gasteiger partial charge in [0, 0.05) is 13.7 Å². The van der Waals surface area contributed by atoms with Crippen LogP contribution in [0.15, 0.2) is 0 Å². The summed E-state index contributed by atoms with van der Waals surface area (Å²) in [5, 5.41) is 0. The monoisotopic (exact) mass is 157 g/mol. The highest BCUT2D eigenvalue weighted by molar-refractivity contribution is 4.68. The van der Waals surface area contributed by atoms with Gasteiger partial charge in [0.15, 0.2) is 0 Å². The van der Waals surface area contributed by atoms with Crippen LogP contribution >= 0.6 is 0 Å². The lowest BCUT2D eigenvalue weighted by Gasteiger charge is -2.16. The first-order chi connectivity index (χ1) is 5.36. The van der Waals surface area contributed by atoms with E-state index in [9.17, 15) is 0 Å². The summed E-state index contributed by atoms with van der Waals surface area (Å²) in [4.78, 5) is 2.50. The van der Waals surface area contributed by atoms with Gasteiger partial charge in [0.25, 0.3) is 0 Å². The molecule has 0 unspecified atom stereocenters. The lowest BCUT2D eigenvalue weighted by atomic mass is 10.2. The molecular weight excluding hydrogens is 138 g/mol. The fraction of sp³-hybridized carbons (Fsp3) is 1.00. The molecule has 0 amide bonds. The molecule has 1 rings (SSSR count). The maximum absolute atomic E-state index is 5.34. The van der Waals surface area contributed by atoms with Crippen molar-refractivity contribution in [2.75, 3.05) is 26.7 Å². The van der Waals surface area contributed by atoms with Crippen molar-refractivity contribution in [2.45, 2.75) is 32.3 Å². The number of ether oxygens (including phenoxy) is 1. The third kappa shape index (κ3) is 2.80. The molecule has 1 aliphatic heterocycles. The van der Waals surface area contributed by atoms with Gasteiger partial charge in [-0.05, 0) is 32.4 Å². The molecule has 0 N–H and O–H groups in total. The van der Waals surface area contributed by atoms with Crippen LogP contribution in [0.1, 0.15) is 26.2 Å². The zero-order chi connectivity index (χ0) is 8.10. The third-order valence-corrected chi connectivity index (χ3v) is 2.55. The first kappa shape index (κ1) is 9.01. The second-order valence-electron chi connectivity index (χ2n) is 3.22. The predicted octanol–water partition coefficient (Wildman–Crippen LogP) is 1.51. The molecule has 2 nitrogen and oxygen atoms in total. The molecule has 0 aromatic heterocycles.